The molecule has 1 aromatic carbocycles. The predicted molar refractivity (Wildman–Crippen MR) is 78.2 cm³/mol. The number of hydrogen-bond donors (Lipinski definition) is 0. The highest BCUT2D eigenvalue weighted by molar-refractivity contribution is 7.81. The van der Waals surface area contributed by atoms with Crippen molar-refractivity contribution in [2.75, 3.05) is 26.1 Å². The first kappa shape index (κ1) is 14.6. The molecule has 1 rings (SSSR count). The predicted octanol–water partition coefficient (Wildman–Crippen LogP) is 2.32. The van der Waals surface area contributed by atoms with Crippen LogP contribution in [-0.2, 0) is 9.53 Å². The maximum atomic E-state index is 11.6. The van der Waals surface area contributed by atoms with Crippen LogP contribution in [0.4, 0.5) is 0 Å². The third kappa shape index (κ3) is 3.80. The first-order chi connectivity index (χ1) is 8.51. The fraction of sp³-hybridized carbons (Fsp3) is 0.357. The van der Waals surface area contributed by atoms with Gasteiger partial charge in [-0.15, -0.1) is 0 Å². The van der Waals surface area contributed by atoms with E-state index in [4.69, 9.17) is 10.1 Å². The molecule has 4 heteroatoms. The molecule has 3 nitrogen and oxygen atoms in total. The summed E-state index contributed by atoms with van der Waals surface area (Å²) in [5, 5.41) is 10.3. The van der Waals surface area contributed by atoms with Gasteiger partial charge in [0.1, 0.15) is 6.16 Å². The Labute approximate surface area is 109 Å². The molecule has 0 saturated carbocycles. The largest absolute Gasteiger partial charge is 0.763 e. The topological polar surface area (TPSA) is 48.6 Å². The molecular formula is C14H18NO2P. The Morgan fingerprint density at radius 1 is 1.33 bits per heavy atom. The van der Waals surface area contributed by atoms with Crippen molar-refractivity contribution in [3.8, 4) is 0 Å². The van der Waals surface area contributed by atoms with E-state index in [0.717, 1.165) is 0 Å². The van der Waals surface area contributed by atoms with Crippen molar-refractivity contribution in [2.45, 2.75) is 6.92 Å². The van der Waals surface area contributed by atoms with E-state index in [2.05, 4.69) is 13.3 Å². The Hall–Kier alpha value is -1.43. The number of ether oxygens (including phenoxy) is 1. The molecule has 0 heterocycles. The van der Waals surface area contributed by atoms with Gasteiger partial charge >= 0.3 is 5.97 Å². The van der Waals surface area contributed by atoms with Crippen LogP contribution in [-0.4, -0.2) is 37.9 Å². The van der Waals surface area contributed by atoms with E-state index in [-0.39, 0.29) is 5.57 Å². The summed E-state index contributed by atoms with van der Waals surface area (Å²) in [6, 6.07) is 10.0. The minimum Gasteiger partial charge on any atom is -0.763 e. The zero-order valence-corrected chi connectivity index (χ0v) is 11.9. The summed E-state index contributed by atoms with van der Waals surface area (Å²) in [6.45, 7) is 6.29. The highest BCUT2D eigenvalue weighted by Crippen LogP contribution is 2.50. The second-order valence-corrected chi connectivity index (χ2v) is 8.69. The molecule has 96 valence electrons. The zero-order chi connectivity index (χ0) is 13.6. The summed E-state index contributed by atoms with van der Waals surface area (Å²) in [6.07, 6.45) is 0.492. The molecule has 0 spiro atoms. The van der Waals surface area contributed by atoms with Crippen molar-refractivity contribution in [1.82, 2.24) is 0 Å². The zero-order valence-electron chi connectivity index (χ0n) is 11.0. The number of carbonyl (C=O) groups is 1. The summed E-state index contributed by atoms with van der Waals surface area (Å²) in [4.78, 5) is 11.6. The van der Waals surface area contributed by atoms with Crippen molar-refractivity contribution < 1.29 is 9.53 Å². The normalized spacial score (nSPS) is 10.6. The van der Waals surface area contributed by atoms with E-state index in [1.807, 2.05) is 36.2 Å². The van der Waals surface area contributed by atoms with Crippen molar-refractivity contribution in [3.05, 3.63) is 41.3 Å². The molecule has 0 aliphatic rings. The van der Waals surface area contributed by atoms with E-state index in [0.29, 0.717) is 12.8 Å². The van der Waals surface area contributed by atoms with Crippen molar-refractivity contribution in [2.24, 2.45) is 0 Å². The van der Waals surface area contributed by atoms with E-state index < -0.39 is 13.2 Å². The molecule has 0 aromatic heterocycles. The molecule has 0 aliphatic carbocycles. The van der Waals surface area contributed by atoms with Gasteiger partial charge in [0.25, 0.3) is 0 Å². The molecule has 0 atom stereocenters. The third-order valence-electron chi connectivity index (χ3n) is 2.67. The molecule has 0 fully saturated rings. The molecule has 0 N–H and O–H groups in total. The number of benzene rings is 1. The number of nitrogens with zero attached hydrogens (tertiary/aromatic N) is 1. The van der Waals surface area contributed by atoms with Gasteiger partial charge in [-0.05, 0) is 19.1 Å². The van der Waals surface area contributed by atoms with Gasteiger partial charge in [0.15, 0.2) is 0 Å². The Balaban J connectivity index is 2.88. The molecule has 1 aromatic rings. The van der Waals surface area contributed by atoms with Crippen LogP contribution in [0, 0.1) is 0 Å². The fourth-order valence-corrected chi connectivity index (χ4v) is 3.83. The first-order valence-corrected chi connectivity index (χ1v) is 8.69. The van der Waals surface area contributed by atoms with Crippen LogP contribution in [0.15, 0.2) is 35.9 Å². The van der Waals surface area contributed by atoms with Gasteiger partial charge in [-0.3, -0.25) is 5.87 Å². The van der Waals surface area contributed by atoms with Crippen LogP contribution in [0.1, 0.15) is 6.92 Å². The number of esters is 1. The standard InChI is InChI=1S/C14H18NO2P/c1-4-17-14(16)12(10-15)11-18(2,3)13-8-6-5-7-9-13/h5-9H,4,11H2,1-3H3. The maximum Gasteiger partial charge on any atom is 0.343 e. The second-order valence-electron chi connectivity index (χ2n) is 4.49. The highest BCUT2D eigenvalue weighted by atomic mass is 31.2. The summed E-state index contributed by atoms with van der Waals surface area (Å²) < 4.78 is 4.90. The monoisotopic (exact) mass is 263 g/mol. The quantitative estimate of drug-likeness (QED) is 0.354. The van der Waals surface area contributed by atoms with E-state index in [1.165, 1.54) is 5.30 Å². The number of rotatable bonds is 5. The Morgan fingerprint density at radius 3 is 2.44 bits per heavy atom. The molecule has 0 unspecified atom stereocenters. The Morgan fingerprint density at radius 2 is 1.94 bits per heavy atom. The average Bonchev–Trinajstić information content (AvgIpc) is 2.37. The lowest BCUT2D eigenvalue weighted by Crippen LogP contribution is -2.18. The lowest BCUT2D eigenvalue weighted by molar-refractivity contribution is -0.138. The summed E-state index contributed by atoms with van der Waals surface area (Å²) >= 11 is 0. The first-order valence-electron chi connectivity index (χ1n) is 5.83. The lowest BCUT2D eigenvalue weighted by atomic mass is 10.3. The van der Waals surface area contributed by atoms with Crippen molar-refractivity contribution in [1.29, 1.82) is 0 Å². The Bertz CT molecular complexity index is 462. The highest BCUT2D eigenvalue weighted by Gasteiger charge is 2.31. The van der Waals surface area contributed by atoms with Gasteiger partial charge < -0.3 is 10.1 Å². The van der Waals surface area contributed by atoms with E-state index >= 15 is 0 Å². The number of hydrogen-bond acceptors (Lipinski definition) is 2. The van der Waals surface area contributed by atoms with Gasteiger partial charge in [-0.2, -0.15) is 0 Å². The molecular weight excluding hydrogens is 245 g/mol. The number of carbonyl (C=O) groups excluding carboxylic acids is 1. The van der Waals surface area contributed by atoms with Crippen molar-refractivity contribution >= 4 is 24.4 Å². The summed E-state index contributed by atoms with van der Waals surface area (Å²) in [7, 11) is -1.51. The van der Waals surface area contributed by atoms with Crippen LogP contribution in [0.3, 0.4) is 0 Å². The van der Waals surface area contributed by atoms with Gasteiger partial charge in [-0.25, -0.2) is 4.79 Å². The van der Waals surface area contributed by atoms with Crippen molar-refractivity contribution in [3.63, 3.8) is 0 Å². The molecule has 0 bridgehead atoms. The smallest absolute Gasteiger partial charge is 0.343 e. The molecule has 18 heavy (non-hydrogen) atoms. The van der Waals surface area contributed by atoms with Crippen LogP contribution in [0.2, 0.25) is 0 Å². The lowest BCUT2D eigenvalue weighted by Gasteiger charge is -2.18. The maximum absolute atomic E-state index is 11.6. The minimum atomic E-state index is -1.51. The van der Waals surface area contributed by atoms with Gasteiger partial charge in [0, 0.05) is 7.26 Å². The third-order valence-corrected chi connectivity index (χ3v) is 5.47. The minimum absolute atomic E-state index is 0.221. The van der Waals surface area contributed by atoms with E-state index in [9.17, 15) is 4.79 Å². The fourth-order valence-electron chi connectivity index (χ4n) is 1.68. The van der Waals surface area contributed by atoms with Gasteiger partial charge in [0.2, 0.25) is 0 Å². The second kappa shape index (κ2) is 6.49. The van der Waals surface area contributed by atoms with Gasteiger partial charge in [0.05, 0.1) is 30.8 Å². The average molecular weight is 263 g/mol. The van der Waals surface area contributed by atoms with Crippen LogP contribution < -0.4 is 5.30 Å². The van der Waals surface area contributed by atoms with E-state index in [1.54, 1.807) is 6.92 Å². The SMILES string of the molecule is CCOC(=O)C(=C=[N-])C[P+](C)(C)c1ccccc1. The molecule has 0 amide bonds. The Kier molecular flexibility index (Phi) is 5.27. The molecule has 0 aliphatic heterocycles. The van der Waals surface area contributed by atoms with Crippen LogP contribution >= 0.6 is 7.26 Å². The summed E-state index contributed by atoms with van der Waals surface area (Å²) in [5.41, 5.74) is 0.221. The van der Waals surface area contributed by atoms with Gasteiger partial charge in [-0.1, -0.05) is 18.2 Å². The van der Waals surface area contributed by atoms with Crippen LogP contribution in [0.25, 0.3) is 5.41 Å². The molecule has 0 saturated heterocycles. The van der Waals surface area contributed by atoms with Crippen LogP contribution in [0.5, 0.6) is 0 Å². The molecule has 0 radical (unpaired) electrons. The summed E-state index contributed by atoms with van der Waals surface area (Å²) in [5.74, 6) is 1.50.